The number of hydrogen-bond acceptors (Lipinski definition) is 5. The van der Waals surface area contributed by atoms with Crippen molar-refractivity contribution in [2.75, 3.05) is 11.9 Å². The Morgan fingerprint density at radius 3 is 2.69 bits per heavy atom. The van der Waals surface area contributed by atoms with Crippen LogP contribution in [0, 0.1) is 6.92 Å². The van der Waals surface area contributed by atoms with Gasteiger partial charge in [0.25, 0.3) is 5.91 Å². The number of carbonyl (C=O) groups is 1. The number of fused-ring (bicyclic) bond motifs is 1. The molecule has 3 aromatic rings. The van der Waals surface area contributed by atoms with Crippen molar-refractivity contribution in [3.8, 4) is 11.5 Å². The van der Waals surface area contributed by atoms with Crippen molar-refractivity contribution < 1.29 is 19.1 Å². The lowest BCUT2D eigenvalue weighted by atomic mass is 10.0. The van der Waals surface area contributed by atoms with Crippen LogP contribution in [-0.2, 0) is 6.42 Å². The average molecular weight is 436 g/mol. The first-order chi connectivity index (χ1) is 15.3. The van der Waals surface area contributed by atoms with E-state index < -0.39 is 11.5 Å². The van der Waals surface area contributed by atoms with Crippen LogP contribution in [0.2, 0.25) is 0 Å². The molecule has 2 aromatic carbocycles. The monoisotopic (exact) mass is 435 g/mol. The van der Waals surface area contributed by atoms with E-state index in [1.54, 1.807) is 18.2 Å². The highest BCUT2D eigenvalue weighted by Crippen LogP contribution is 2.28. The number of carbonyl (C=O) groups excluding carboxylic acids is 1. The normalized spacial score (nSPS) is 10.8. The van der Waals surface area contributed by atoms with Gasteiger partial charge in [0.15, 0.2) is 0 Å². The Kier molecular flexibility index (Phi) is 7.36. The second kappa shape index (κ2) is 10.2. The molecule has 32 heavy (non-hydrogen) atoms. The van der Waals surface area contributed by atoms with E-state index in [1.807, 2.05) is 32.9 Å². The summed E-state index contributed by atoms with van der Waals surface area (Å²) in [6.07, 6.45) is 4.45. The Morgan fingerprint density at radius 1 is 1.19 bits per heavy atom. The summed E-state index contributed by atoms with van der Waals surface area (Å²) in [6, 6.07) is 9.87. The lowest BCUT2D eigenvalue weighted by molar-refractivity contribution is 0.102. The number of amides is 1. The molecule has 3 rings (SSSR count). The summed E-state index contributed by atoms with van der Waals surface area (Å²) in [6.45, 7) is 8.47. The van der Waals surface area contributed by atoms with Crippen molar-refractivity contribution in [1.82, 2.24) is 0 Å². The number of nitrogens with one attached hydrogen (secondary N) is 1. The molecule has 0 saturated carbocycles. The molecule has 1 amide bonds. The third kappa shape index (κ3) is 5.38. The van der Waals surface area contributed by atoms with Crippen molar-refractivity contribution in [1.29, 1.82) is 0 Å². The van der Waals surface area contributed by atoms with Crippen molar-refractivity contribution >= 4 is 22.6 Å². The Morgan fingerprint density at radius 2 is 1.97 bits per heavy atom. The standard InChI is InChI=1S/C26H29NO5/c1-5-6-13-31-23-12-10-19-15-21(26(30)32-24(19)17(23)4)27-25(29)20-9-11-22(28)18(14-20)8-7-16(2)3/h7,9-12,14-15,28H,5-6,8,13H2,1-4H3,(H,27,29). The number of benzene rings is 2. The van der Waals surface area contributed by atoms with Crippen LogP contribution in [0.4, 0.5) is 5.69 Å². The van der Waals surface area contributed by atoms with E-state index in [-0.39, 0.29) is 11.4 Å². The molecule has 0 fully saturated rings. The van der Waals surface area contributed by atoms with Gasteiger partial charge >= 0.3 is 5.63 Å². The van der Waals surface area contributed by atoms with Crippen LogP contribution in [0.25, 0.3) is 11.0 Å². The van der Waals surface area contributed by atoms with Crippen molar-refractivity contribution in [2.24, 2.45) is 0 Å². The van der Waals surface area contributed by atoms with E-state index in [4.69, 9.17) is 9.15 Å². The van der Waals surface area contributed by atoms with Crippen LogP contribution in [0.15, 0.2) is 57.3 Å². The van der Waals surface area contributed by atoms with E-state index in [9.17, 15) is 14.7 Å². The summed E-state index contributed by atoms with van der Waals surface area (Å²) in [4.78, 5) is 25.3. The van der Waals surface area contributed by atoms with E-state index >= 15 is 0 Å². The highest BCUT2D eigenvalue weighted by molar-refractivity contribution is 6.05. The van der Waals surface area contributed by atoms with Gasteiger partial charge in [-0.1, -0.05) is 25.0 Å². The Hall–Kier alpha value is -3.54. The number of phenolic OH excluding ortho intramolecular Hbond substituents is 1. The predicted molar refractivity (Wildman–Crippen MR) is 127 cm³/mol. The third-order valence-corrected chi connectivity index (χ3v) is 5.18. The minimum absolute atomic E-state index is 0.0560. The molecule has 0 unspecified atom stereocenters. The maximum atomic E-state index is 12.8. The van der Waals surface area contributed by atoms with Crippen molar-refractivity contribution in [3.05, 3.63) is 75.2 Å². The number of aryl methyl sites for hydroxylation is 1. The smallest absolute Gasteiger partial charge is 0.360 e. The van der Waals surface area contributed by atoms with Gasteiger partial charge in [-0.25, -0.2) is 4.79 Å². The van der Waals surface area contributed by atoms with Gasteiger partial charge in [-0.15, -0.1) is 0 Å². The van der Waals surface area contributed by atoms with Crippen molar-refractivity contribution in [2.45, 2.75) is 47.0 Å². The predicted octanol–water partition coefficient (Wildman–Crippen LogP) is 5.75. The number of anilines is 1. The van der Waals surface area contributed by atoms with Crippen LogP contribution in [-0.4, -0.2) is 17.6 Å². The van der Waals surface area contributed by atoms with Crippen molar-refractivity contribution in [3.63, 3.8) is 0 Å². The largest absolute Gasteiger partial charge is 0.508 e. The Labute approximate surface area is 187 Å². The van der Waals surface area contributed by atoms with E-state index in [2.05, 4.69) is 12.2 Å². The van der Waals surface area contributed by atoms with Gasteiger partial charge < -0.3 is 19.6 Å². The van der Waals surface area contributed by atoms with E-state index in [0.717, 1.165) is 24.0 Å². The average Bonchev–Trinajstić information content (AvgIpc) is 2.76. The lowest BCUT2D eigenvalue weighted by Crippen LogP contribution is -2.18. The summed E-state index contributed by atoms with van der Waals surface area (Å²) < 4.78 is 11.3. The highest BCUT2D eigenvalue weighted by Gasteiger charge is 2.15. The third-order valence-electron chi connectivity index (χ3n) is 5.18. The number of aromatic hydroxyl groups is 1. The molecule has 0 bridgehead atoms. The maximum Gasteiger partial charge on any atom is 0.360 e. The van der Waals surface area contributed by atoms with Gasteiger partial charge in [-0.3, -0.25) is 4.79 Å². The molecule has 168 valence electrons. The first-order valence-electron chi connectivity index (χ1n) is 10.8. The fourth-order valence-electron chi connectivity index (χ4n) is 3.27. The first-order valence-corrected chi connectivity index (χ1v) is 10.8. The second-order valence-electron chi connectivity index (χ2n) is 8.04. The number of ether oxygens (including phenoxy) is 1. The molecule has 6 heteroatoms. The summed E-state index contributed by atoms with van der Waals surface area (Å²) in [7, 11) is 0. The lowest BCUT2D eigenvalue weighted by Gasteiger charge is -2.11. The van der Waals surface area contributed by atoms with Gasteiger partial charge in [0.1, 0.15) is 22.8 Å². The zero-order chi connectivity index (χ0) is 23.3. The fraction of sp³-hybridized carbons (Fsp3) is 0.308. The maximum absolute atomic E-state index is 12.8. The molecule has 1 heterocycles. The topological polar surface area (TPSA) is 88.8 Å². The SMILES string of the molecule is CCCCOc1ccc2cc(NC(=O)c3ccc(O)c(CC=C(C)C)c3)c(=O)oc2c1C. The molecule has 0 radical (unpaired) electrons. The number of allylic oxidation sites excluding steroid dienone is 2. The van der Waals surface area contributed by atoms with Gasteiger partial charge in [-0.05, 0) is 75.6 Å². The highest BCUT2D eigenvalue weighted by atomic mass is 16.5. The number of rotatable bonds is 8. The zero-order valence-electron chi connectivity index (χ0n) is 19.0. The number of unbranched alkanes of at least 4 members (excludes halogenated alkanes) is 1. The van der Waals surface area contributed by atoms with Gasteiger partial charge in [0, 0.05) is 16.5 Å². The number of hydrogen-bond donors (Lipinski definition) is 2. The molecule has 6 nitrogen and oxygen atoms in total. The van der Waals surface area contributed by atoms with Crippen LogP contribution in [0.3, 0.4) is 0 Å². The second-order valence-corrected chi connectivity index (χ2v) is 8.04. The van der Waals surface area contributed by atoms with E-state index in [1.165, 1.54) is 12.1 Å². The molecule has 0 aliphatic heterocycles. The zero-order valence-corrected chi connectivity index (χ0v) is 19.0. The van der Waals surface area contributed by atoms with Crippen LogP contribution >= 0.6 is 0 Å². The van der Waals surface area contributed by atoms with Crippen LogP contribution < -0.4 is 15.7 Å². The molecule has 0 aliphatic rings. The quantitative estimate of drug-likeness (QED) is 0.267. The molecule has 2 N–H and O–H groups in total. The fourth-order valence-corrected chi connectivity index (χ4v) is 3.27. The molecular weight excluding hydrogens is 406 g/mol. The van der Waals surface area contributed by atoms with Crippen LogP contribution in [0.1, 0.15) is 55.1 Å². The molecule has 1 aromatic heterocycles. The minimum Gasteiger partial charge on any atom is -0.508 e. The first kappa shape index (κ1) is 23.1. The van der Waals surface area contributed by atoms with Gasteiger partial charge in [0.2, 0.25) is 0 Å². The number of phenols is 1. The molecule has 0 atom stereocenters. The molecule has 0 aliphatic carbocycles. The van der Waals surface area contributed by atoms with Crippen LogP contribution in [0.5, 0.6) is 11.5 Å². The summed E-state index contributed by atoms with van der Waals surface area (Å²) in [5, 5.41) is 13.4. The molecule has 0 spiro atoms. The Balaban J connectivity index is 1.86. The summed E-state index contributed by atoms with van der Waals surface area (Å²) >= 11 is 0. The Bertz CT molecular complexity index is 1220. The van der Waals surface area contributed by atoms with E-state index in [0.29, 0.717) is 40.9 Å². The molecule has 0 saturated heterocycles. The summed E-state index contributed by atoms with van der Waals surface area (Å²) in [5.74, 6) is 0.349. The van der Waals surface area contributed by atoms with Gasteiger partial charge in [-0.2, -0.15) is 0 Å². The van der Waals surface area contributed by atoms with Gasteiger partial charge in [0.05, 0.1) is 6.61 Å². The summed E-state index contributed by atoms with van der Waals surface area (Å²) in [5.41, 5.74) is 2.70. The minimum atomic E-state index is -0.636. The molecular formula is C26H29NO5.